The predicted molar refractivity (Wildman–Crippen MR) is 95.7 cm³/mol. The van der Waals surface area contributed by atoms with Crippen LogP contribution in [0.1, 0.15) is 26.3 Å². The number of nitrogens with two attached hydrogens (primary N) is 1. The molecule has 0 heterocycles. The van der Waals surface area contributed by atoms with Crippen LogP contribution in [-0.2, 0) is 16.0 Å². The van der Waals surface area contributed by atoms with Gasteiger partial charge in [0.1, 0.15) is 11.6 Å². The van der Waals surface area contributed by atoms with Crippen LogP contribution in [0.2, 0.25) is 0 Å². The van der Waals surface area contributed by atoms with E-state index in [4.69, 9.17) is 10.5 Å². The second kappa shape index (κ2) is 8.58. The van der Waals surface area contributed by atoms with Gasteiger partial charge in [0.2, 0.25) is 0 Å². The van der Waals surface area contributed by atoms with Crippen molar-refractivity contribution in [3.63, 3.8) is 0 Å². The number of hydrogen-bond donors (Lipinski definition) is 3. The third kappa shape index (κ3) is 6.91. The maximum absolute atomic E-state index is 11.8. The molecule has 0 aliphatic rings. The quantitative estimate of drug-likeness (QED) is 0.553. The number of benzene rings is 1. The third-order valence-electron chi connectivity index (χ3n) is 2.84. The van der Waals surface area contributed by atoms with Crippen LogP contribution in [0.4, 0.5) is 10.5 Å². The van der Waals surface area contributed by atoms with E-state index in [0.717, 1.165) is 0 Å². The van der Waals surface area contributed by atoms with Gasteiger partial charge in [0.05, 0.1) is 5.69 Å². The molecule has 0 aliphatic carbocycles. The van der Waals surface area contributed by atoms with Crippen molar-refractivity contribution in [2.45, 2.75) is 38.8 Å². The molecule has 1 unspecified atom stereocenters. The lowest BCUT2D eigenvalue weighted by atomic mass is 10.0. The average Bonchev–Trinajstić information content (AvgIpc) is 2.46. The van der Waals surface area contributed by atoms with Gasteiger partial charge in [-0.15, -0.1) is 0 Å². The molecule has 1 rings (SSSR count). The van der Waals surface area contributed by atoms with E-state index in [1.54, 1.807) is 51.3 Å². The molecule has 7 nitrogen and oxygen atoms in total. The average molecular weight is 353 g/mol. The van der Waals surface area contributed by atoms with Gasteiger partial charge >= 0.3 is 12.1 Å². The van der Waals surface area contributed by atoms with Gasteiger partial charge in [-0.25, -0.2) is 14.6 Å². The number of carboxylic acids is 1. The van der Waals surface area contributed by atoms with Gasteiger partial charge in [0, 0.05) is 6.42 Å². The number of nitrogens with zero attached hydrogens (tertiary/aromatic N) is 1. The fourth-order valence-corrected chi connectivity index (χ4v) is 2.02. The van der Waals surface area contributed by atoms with Crippen LogP contribution in [0.5, 0.6) is 0 Å². The molecule has 0 saturated carbocycles. The monoisotopic (exact) mass is 353 g/mol. The molecule has 1 aromatic carbocycles. The summed E-state index contributed by atoms with van der Waals surface area (Å²) in [6.45, 7) is 5.12. The highest BCUT2D eigenvalue weighted by Crippen LogP contribution is 2.21. The van der Waals surface area contributed by atoms with Crippen LogP contribution < -0.4 is 11.1 Å². The molecule has 1 aromatic rings. The Balaban J connectivity index is 2.94. The number of carboxylic acid groups (broad SMARTS) is 1. The molecule has 0 radical (unpaired) electrons. The molecule has 4 N–H and O–H groups in total. The summed E-state index contributed by atoms with van der Waals surface area (Å²) in [5.41, 5.74) is 6.25. The van der Waals surface area contributed by atoms with E-state index in [-0.39, 0.29) is 6.42 Å². The number of amides is 1. The van der Waals surface area contributed by atoms with Gasteiger partial charge in [-0.1, -0.05) is 30.0 Å². The first-order valence-electron chi connectivity index (χ1n) is 7.30. The molecule has 0 aromatic heterocycles. The van der Waals surface area contributed by atoms with Gasteiger partial charge in [0.25, 0.3) is 0 Å². The van der Waals surface area contributed by atoms with Crippen molar-refractivity contribution in [1.29, 1.82) is 0 Å². The highest BCUT2D eigenvalue weighted by molar-refractivity contribution is 8.13. The van der Waals surface area contributed by atoms with Crippen molar-refractivity contribution in [1.82, 2.24) is 5.32 Å². The minimum atomic E-state index is -1.16. The van der Waals surface area contributed by atoms with Crippen LogP contribution >= 0.6 is 11.8 Å². The number of para-hydroxylation sites is 1. The van der Waals surface area contributed by atoms with E-state index in [1.807, 2.05) is 0 Å². The van der Waals surface area contributed by atoms with Crippen molar-refractivity contribution < 1.29 is 19.4 Å². The summed E-state index contributed by atoms with van der Waals surface area (Å²) in [7, 11) is 0. The van der Waals surface area contributed by atoms with Gasteiger partial charge in [0.15, 0.2) is 5.17 Å². The fraction of sp³-hybridized carbons (Fsp3) is 0.438. The van der Waals surface area contributed by atoms with E-state index in [2.05, 4.69) is 10.3 Å². The number of carbonyl (C=O) groups is 2. The van der Waals surface area contributed by atoms with Crippen LogP contribution in [0.25, 0.3) is 0 Å². The Labute approximate surface area is 145 Å². The maximum Gasteiger partial charge on any atom is 0.408 e. The molecule has 0 aliphatic heterocycles. The van der Waals surface area contributed by atoms with Crippen molar-refractivity contribution >= 4 is 34.7 Å². The zero-order valence-electron chi connectivity index (χ0n) is 14.2. The first kappa shape index (κ1) is 19.8. The minimum absolute atomic E-state index is 0.0654. The van der Waals surface area contributed by atoms with E-state index in [0.29, 0.717) is 16.4 Å². The van der Waals surface area contributed by atoms with Crippen LogP contribution in [-0.4, -0.2) is 40.2 Å². The molecule has 0 spiro atoms. The summed E-state index contributed by atoms with van der Waals surface area (Å²) in [4.78, 5) is 27.5. The Kier molecular flexibility index (Phi) is 7.09. The fourth-order valence-electron chi connectivity index (χ4n) is 1.83. The third-order valence-corrected chi connectivity index (χ3v) is 3.35. The lowest BCUT2D eigenvalue weighted by Crippen LogP contribution is -2.44. The van der Waals surface area contributed by atoms with E-state index >= 15 is 0 Å². The molecule has 0 saturated heterocycles. The minimum Gasteiger partial charge on any atom is -0.480 e. The molecule has 8 heteroatoms. The Morgan fingerprint density at radius 2 is 2.00 bits per heavy atom. The smallest absolute Gasteiger partial charge is 0.408 e. The summed E-state index contributed by atoms with van der Waals surface area (Å²) in [6, 6.07) is 5.92. The number of carbonyl (C=O) groups excluding carboxylic acids is 1. The van der Waals surface area contributed by atoms with Crippen LogP contribution in [0.15, 0.2) is 29.3 Å². The normalized spacial score (nSPS) is 13.2. The summed E-state index contributed by atoms with van der Waals surface area (Å²) >= 11 is 1.29. The highest BCUT2D eigenvalue weighted by Gasteiger charge is 2.25. The van der Waals surface area contributed by atoms with Gasteiger partial charge in [-0.2, -0.15) is 0 Å². The number of alkyl carbamates (subject to hydrolysis) is 1. The zero-order chi connectivity index (χ0) is 18.3. The lowest BCUT2D eigenvalue weighted by molar-refractivity contribution is -0.139. The number of hydrogen-bond acceptors (Lipinski definition) is 5. The summed E-state index contributed by atoms with van der Waals surface area (Å²) in [5.74, 6) is -1.16. The number of aliphatic imine (C=N–C) groups is 1. The lowest BCUT2D eigenvalue weighted by Gasteiger charge is -2.22. The Morgan fingerprint density at radius 1 is 1.38 bits per heavy atom. The Hall–Kier alpha value is -2.22. The highest BCUT2D eigenvalue weighted by atomic mass is 32.2. The summed E-state index contributed by atoms with van der Waals surface area (Å²) < 4.78 is 5.10. The van der Waals surface area contributed by atoms with Gasteiger partial charge in [-0.3, -0.25) is 0 Å². The number of thioether (sulfide) groups is 1. The second-order valence-corrected chi connectivity index (χ2v) is 6.85. The SMILES string of the molecule is CSC(N)=Nc1ccccc1CC(NC(=O)OC(C)(C)C)C(=O)O. The number of amidine groups is 1. The molecule has 1 atom stereocenters. The molecule has 132 valence electrons. The molecular formula is C16H23N3O4S. The Bertz CT molecular complexity index is 626. The van der Waals surface area contributed by atoms with E-state index in [9.17, 15) is 14.7 Å². The predicted octanol–water partition coefficient (Wildman–Crippen LogP) is 2.52. The standard InChI is InChI=1S/C16H23N3O4S/c1-16(2,3)23-15(22)19-12(13(20)21)9-10-7-5-6-8-11(10)18-14(17)24-4/h5-8,12H,9H2,1-4H3,(H2,17,18)(H,19,22)(H,20,21). The molecule has 0 bridgehead atoms. The van der Waals surface area contributed by atoms with Crippen LogP contribution in [0.3, 0.4) is 0 Å². The molecule has 0 fully saturated rings. The first-order valence-corrected chi connectivity index (χ1v) is 8.53. The summed E-state index contributed by atoms with van der Waals surface area (Å²) in [6.07, 6.45) is 1.08. The van der Waals surface area contributed by atoms with E-state index in [1.165, 1.54) is 11.8 Å². The largest absolute Gasteiger partial charge is 0.480 e. The second-order valence-electron chi connectivity index (χ2n) is 6.02. The van der Waals surface area contributed by atoms with Crippen molar-refractivity contribution in [2.24, 2.45) is 10.7 Å². The van der Waals surface area contributed by atoms with Gasteiger partial charge in [-0.05, 0) is 38.7 Å². The molecule has 24 heavy (non-hydrogen) atoms. The van der Waals surface area contributed by atoms with Crippen molar-refractivity contribution in [3.05, 3.63) is 29.8 Å². The van der Waals surface area contributed by atoms with Crippen LogP contribution in [0, 0.1) is 0 Å². The van der Waals surface area contributed by atoms with E-state index < -0.39 is 23.7 Å². The molecular weight excluding hydrogens is 330 g/mol. The first-order chi connectivity index (χ1) is 11.1. The Morgan fingerprint density at radius 3 is 2.54 bits per heavy atom. The van der Waals surface area contributed by atoms with Crippen molar-refractivity contribution in [3.8, 4) is 0 Å². The van der Waals surface area contributed by atoms with Gasteiger partial charge < -0.3 is 20.9 Å². The topological polar surface area (TPSA) is 114 Å². The molecule has 1 amide bonds. The number of ether oxygens (including phenoxy) is 1. The summed E-state index contributed by atoms with van der Waals surface area (Å²) in [5, 5.41) is 12.1. The van der Waals surface area contributed by atoms with Crippen molar-refractivity contribution in [2.75, 3.05) is 6.26 Å². The number of aliphatic carboxylic acids is 1. The zero-order valence-corrected chi connectivity index (χ0v) is 15.0. The number of nitrogens with one attached hydrogen (secondary N) is 1. The maximum atomic E-state index is 11.8. The number of rotatable bonds is 5.